The Morgan fingerprint density at radius 3 is 2.94 bits per heavy atom. The van der Waals surface area contributed by atoms with Crippen LogP contribution >= 0.6 is 15.9 Å². The summed E-state index contributed by atoms with van der Waals surface area (Å²) in [5.41, 5.74) is 5.66. The zero-order valence-corrected chi connectivity index (χ0v) is 10.3. The lowest BCUT2D eigenvalue weighted by Gasteiger charge is -2.14. The molecule has 1 unspecified atom stereocenters. The molecule has 16 heavy (non-hydrogen) atoms. The number of rotatable bonds is 4. The lowest BCUT2D eigenvalue weighted by molar-refractivity contribution is -0.125. The van der Waals surface area contributed by atoms with Crippen LogP contribution in [-0.4, -0.2) is 30.8 Å². The number of benzene rings is 1. The number of hydrogen-bond donors (Lipinski definition) is 3. The van der Waals surface area contributed by atoms with Gasteiger partial charge < -0.3 is 20.9 Å². The number of halogens is 1. The van der Waals surface area contributed by atoms with Gasteiger partial charge in [0.2, 0.25) is 0 Å². The van der Waals surface area contributed by atoms with E-state index in [1.165, 1.54) is 7.11 Å². The summed E-state index contributed by atoms with van der Waals surface area (Å²) >= 11 is 3.15. The first kappa shape index (κ1) is 13.0. The van der Waals surface area contributed by atoms with E-state index >= 15 is 0 Å². The average Bonchev–Trinajstić information content (AvgIpc) is 2.26. The lowest BCUT2D eigenvalue weighted by atomic mass is 10.2. The highest BCUT2D eigenvalue weighted by Gasteiger charge is 2.17. The fourth-order valence-corrected chi connectivity index (χ4v) is 1.51. The third-order valence-electron chi connectivity index (χ3n) is 2.04. The molecule has 1 amide bonds. The summed E-state index contributed by atoms with van der Waals surface area (Å²) in [6.07, 6.45) is -0.724. The third kappa shape index (κ3) is 2.94. The molecule has 6 heteroatoms. The molecule has 0 saturated carbocycles. The van der Waals surface area contributed by atoms with E-state index in [0.29, 0.717) is 10.2 Å². The van der Waals surface area contributed by atoms with E-state index in [1.54, 1.807) is 18.2 Å². The SMILES string of the molecule is COC(CN)C(=O)Nc1cccc(Br)c1O. The van der Waals surface area contributed by atoms with Crippen molar-refractivity contribution in [1.29, 1.82) is 0 Å². The fourth-order valence-electron chi connectivity index (χ4n) is 1.14. The highest BCUT2D eigenvalue weighted by atomic mass is 79.9. The van der Waals surface area contributed by atoms with Gasteiger partial charge in [-0.2, -0.15) is 0 Å². The lowest BCUT2D eigenvalue weighted by Crippen LogP contribution is -2.35. The minimum atomic E-state index is -0.724. The highest BCUT2D eigenvalue weighted by Crippen LogP contribution is 2.31. The van der Waals surface area contributed by atoms with Gasteiger partial charge in [-0.05, 0) is 28.1 Å². The summed E-state index contributed by atoms with van der Waals surface area (Å²) in [7, 11) is 1.40. The molecule has 88 valence electrons. The molecular weight excluding hydrogens is 276 g/mol. The Kier molecular flexibility index (Phi) is 4.72. The van der Waals surface area contributed by atoms with Crippen LogP contribution in [0.25, 0.3) is 0 Å². The van der Waals surface area contributed by atoms with E-state index < -0.39 is 12.0 Å². The van der Waals surface area contributed by atoms with E-state index in [-0.39, 0.29) is 12.3 Å². The molecule has 0 aliphatic carbocycles. The van der Waals surface area contributed by atoms with Gasteiger partial charge in [-0.15, -0.1) is 0 Å². The van der Waals surface area contributed by atoms with Gasteiger partial charge in [-0.1, -0.05) is 6.07 Å². The Morgan fingerprint density at radius 1 is 1.69 bits per heavy atom. The standard InChI is InChI=1S/C10H13BrN2O3/c1-16-8(5-12)10(15)13-7-4-2-3-6(11)9(7)14/h2-4,8,14H,5,12H2,1H3,(H,13,15). The maximum Gasteiger partial charge on any atom is 0.254 e. The Balaban J connectivity index is 2.80. The maximum absolute atomic E-state index is 11.6. The first-order valence-electron chi connectivity index (χ1n) is 4.61. The van der Waals surface area contributed by atoms with Gasteiger partial charge >= 0.3 is 0 Å². The largest absolute Gasteiger partial charge is 0.505 e. The number of anilines is 1. The number of hydrogen-bond acceptors (Lipinski definition) is 4. The fraction of sp³-hybridized carbons (Fsp3) is 0.300. The van der Waals surface area contributed by atoms with Crippen LogP contribution in [0.2, 0.25) is 0 Å². The predicted molar refractivity (Wildman–Crippen MR) is 64.3 cm³/mol. The second-order valence-electron chi connectivity index (χ2n) is 3.09. The molecule has 0 radical (unpaired) electrons. The molecule has 1 atom stereocenters. The van der Waals surface area contributed by atoms with Crippen LogP contribution < -0.4 is 11.1 Å². The van der Waals surface area contributed by atoms with Crippen LogP contribution in [0.4, 0.5) is 5.69 Å². The highest BCUT2D eigenvalue weighted by molar-refractivity contribution is 9.10. The number of para-hydroxylation sites is 1. The van der Waals surface area contributed by atoms with Gasteiger partial charge in [-0.25, -0.2) is 0 Å². The summed E-state index contributed by atoms with van der Waals surface area (Å²) in [6.45, 7) is 0.0805. The molecule has 0 bridgehead atoms. The van der Waals surface area contributed by atoms with E-state index in [2.05, 4.69) is 21.2 Å². The van der Waals surface area contributed by atoms with Gasteiger partial charge in [0, 0.05) is 13.7 Å². The molecule has 0 aliphatic heterocycles. The minimum Gasteiger partial charge on any atom is -0.505 e. The molecule has 0 saturated heterocycles. The summed E-state index contributed by atoms with van der Waals surface area (Å²) in [5.74, 6) is -0.416. The van der Waals surface area contributed by atoms with Crippen LogP contribution in [0.5, 0.6) is 5.75 Å². The number of methoxy groups -OCH3 is 1. The van der Waals surface area contributed by atoms with Gasteiger partial charge in [0.1, 0.15) is 6.10 Å². The predicted octanol–water partition coefficient (Wildman–Crippen LogP) is 1.07. The molecule has 0 spiro atoms. The molecule has 0 fully saturated rings. The summed E-state index contributed by atoms with van der Waals surface area (Å²) in [4.78, 5) is 11.6. The molecular formula is C10H13BrN2O3. The zero-order valence-electron chi connectivity index (χ0n) is 8.74. The quantitative estimate of drug-likeness (QED) is 0.724. The molecule has 1 aromatic carbocycles. The van der Waals surface area contributed by atoms with E-state index in [1.807, 2.05) is 0 Å². The number of aromatic hydroxyl groups is 1. The third-order valence-corrected chi connectivity index (χ3v) is 2.68. The number of phenols is 1. The summed E-state index contributed by atoms with van der Waals surface area (Å²) in [5, 5.41) is 12.2. The number of amides is 1. The number of phenolic OH excluding ortho intramolecular Hbond substituents is 1. The normalized spacial score (nSPS) is 12.2. The van der Waals surface area contributed by atoms with Crippen LogP contribution in [0, 0.1) is 0 Å². The van der Waals surface area contributed by atoms with Crippen LogP contribution in [0.1, 0.15) is 0 Å². The van der Waals surface area contributed by atoms with Crippen molar-refractivity contribution < 1.29 is 14.6 Å². The minimum absolute atomic E-state index is 0.0253. The second kappa shape index (κ2) is 5.83. The van der Waals surface area contributed by atoms with Crippen LogP contribution in [-0.2, 0) is 9.53 Å². The van der Waals surface area contributed by atoms with Crippen molar-refractivity contribution in [2.45, 2.75) is 6.10 Å². The molecule has 4 N–H and O–H groups in total. The first-order valence-corrected chi connectivity index (χ1v) is 5.40. The Morgan fingerprint density at radius 2 is 2.38 bits per heavy atom. The second-order valence-corrected chi connectivity index (χ2v) is 3.94. The molecule has 0 aliphatic rings. The molecule has 1 rings (SSSR count). The van der Waals surface area contributed by atoms with E-state index in [0.717, 1.165) is 0 Å². The van der Waals surface area contributed by atoms with Crippen molar-refractivity contribution in [3.05, 3.63) is 22.7 Å². The molecule has 0 heterocycles. The van der Waals surface area contributed by atoms with E-state index in [4.69, 9.17) is 10.5 Å². The van der Waals surface area contributed by atoms with Gasteiger partial charge in [0.25, 0.3) is 5.91 Å². The Hall–Kier alpha value is -1.11. The Labute approximate surface area is 102 Å². The monoisotopic (exact) mass is 288 g/mol. The topological polar surface area (TPSA) is 84.6 Å². The van der Waals surface area contributed by atoms with Crippen LogP contribution in [0.3, 0.4) is 0 Å². The van der Waals surface area contributed by atoms with E-state index in [9.17, 15) is 9.90 Å². The van der Waals surface area contributed by atoms with Crippen molar-refractivity contribution in [3.8, 4) is 5.75 Å². The number of carbonyl (C=O) groups excluding carboxylic acids is 1. The smallest absolute Gasteiger partial charge is 0.254 e. The maximum atomic E-state index is 11.6. The number of ether oxygens (including phenoxy) is 1. The van der Waals surface area contributed by atoms with Crippen molar-refractivity contribution in [2.75, 3.05) is 19.0 Å². The summed E-state index contributed by atoms with van der Waals surface area (Å²) in [6, 6.07) is 4.95. The summed E-state index contributed by atoms with van der Waals surface area (Å²) < 4.78 is 5.38. The molecule has 5 nitrogen and oxygen atoms in total. The molecule has 0 aromatic heterocycles. The average molecular weight is 289 g/mol. The number of carbonyl (C=O) groups is 1. The van der Waals surface area contributed by atoms with Crippen LogP contribution in [0.15, 0.2) is 22.7 Å². The molecule has 1 aromatic rings. The number of nitrogens with two attached hydrogens (primary N) is 1. The van der Waals surface area contributed by atoms with Crippen molar-refractivity contribution in [3.63, 3.8) is 0 Å². The van der Waals surface area contributed by atoms with Gasteiger partial charge in [0.05, 0.1) is 10.2 Å². The van der Waals surface area contributed by atoms with Crippen molar-refractivity contribution in [2.24, 2.45) is 5.73 Å². The van der Waals surface area contributed by atoms with Crippen molar-refractivity contribution in [1.82, 2.24) is 0 Å². The van der Waals surface area contributed by atoms with Crippen molar-refractivity contribution >= 4 is 27.5 Å². The Bertz CT molecular complexity index is 380. The number of nitrogens with one attached hydrogen (secondary N) is 1. The van der Waals surface area contributed by atoms with Gasteiger partial charge in [0.15, 0.2) is 5.75 Å². The zero-order chi connectivity index (χ0) is 12.1. The first-order chi connectivity index (χ1) is 7.60. The van der Waals surface area contributed by atoms with Gasteiger partial charge in [-0.3, -0.25) is 4.79 Å².